The second-order valence-corrected chi connectivity index (χ2v) is 4.94. The molecule has 1 N–H and O–H groups in total. The number of hydrogen-bond acceptors (Lipinski definition) is 3. The Morgan fingerprint density at radius 2 is 2.00 bits per heavy atom. The zero-order chi connectivity index (χ0) is 15.2. The van der Waals surface area contributed by atoms with E-state index >= 15 is 0 Å². The summed E-state index contributed by atoms with van der Waals surface area (Å²) >= 11 is 0. The van der Waals surface area contributed by atoms with Gasteiger partial charge in [0.15, 0.2) is 5.78 Å². The molecule has 0 fully saturated rings. The minimum absolute atomic E-state index is 0.0109. The third kappa shape index (κ3) is 4.02. The quantitative estimate of drug-likeness (QED) is 0.794. The Labute approximate surface area is 123 Å². The first-order valence-electron chi connectivity index (χ1n) is 6.92. The highest BCUT2D eigenvalue weighted by Crippen LogP contribution is 2.22. The molecule has 0 saturated heterocycles. The van der Waals surface area contributed by atoms with Gasteiger partial charge >= 0.3 is 5.97 Å². The van der Waals surface area contributed by atoms with Crippen molar-refractivity contribution in [3.63, 3.8) is 0 Å². The van der Waals surface area contributed by atoms with Gasteiger partial charge in [0, 0.05) is 25.1 Å². The molecule has 5 heteroatoms. The molecule has 5 nitrogen and oxygen atoms in total. The number of ketones is 1. The fraction of sp³-hybridized carbons (Fsp3) is 0.312. The van der Waals surface area contributed by atoms with Crippen molar-refractivity contribution in [2.24, 2.45) is 0 Å². The second-order valence-electron chi connectivity index (χ2n) is 4.94. The molecule has 110 valence electrons. The maximum atomic E-state index is 11.6. The number of carbonyl (C=O) groups excluding carboxylic acids is 1. The van der Waals surface area contributed by atoms with Gasteiger partial charge in [-0.2, -0.15) is 0 Å². The lowest BCUT2D eigenvalue weighted by molar-refractivity contribution is -0.137. The summed E-state index contributed by atoms with van der Waals surface area (Å²) < 4.78 is 1.78. The molecule has 2 rings (SSSR count). The first kappa shape index (κ1) is 15.0. The minimum atomic E-state index is -0.839. The molecule has 0 aliphatic rings. The molecule has 0 aliphatic heterocycles. The van der Waals surface area contributed by atoms with E-state index in [4.69, 9.17) is 5.11 Å². The monoisotopic (exact) mass is 286 g/mol. The van der Waals surface area contributed by atoms with Gasteiger partial charge in [0.1, 0.15) is 5.69 Å². The number of rotatable bonds is 7. The molecule has 1 heterocycles. The van der Waals surface area contributed by atoms with E-state index in [9.17, 15) is 9.59 Å². The van der Waals surface area contributed by atoms with Crippen molar-refractivity contribution in [2.45, 2.75) is 32.2 Å². The Hall–Kier alpha value is -2.43. The molecule has 0 aliphatic carbocycles. The maximum Gasteiger partial charge on any atom is 0.304 e. The van der Waals surface area contributed by atoms with Crippen molar-refractivity contribution in [3.05, 3.63) is 54.1 Å². The summed E-state index contributed by atoms with van der Waals surface area (Å²) in [6, 6.07) is 9.52. The normalized spacial score (nSPS) is 12.0. The predicted molar refractivity (Wildman–Crippen MR) is 78.3 cm³/mol. The van der Waals surface area contributed by atoms with Crippen LogP contribution in [0.15, 0.2) is 42.9 Å². The number of carboxylic acids is 1. The Bertz CT molecular complexity index is 619. The number of imidazole rings is 1. The van der Waals surface area contributed by atoms with Crippen LogP contribution in [0.3, 0.4) is 0 Å². The summed E-state index contributed by atoms with van der Waals surface area (Å²) in [6.45, 7) is 2.28. The highest BCUT2D eigenvalue weighted by molar-refractivity contribution is 5.93. The van der Waals surface area contributed by atoms with Crippen LogP contribution in [0.5, 0.6) is 0 Å². The Morgan fingerprint density at radius 3 is 2.62 bits per heavy atom. The van der Waals surface area contributed by atoms with Gasteiger partial charge in [0.25, 0.3) is 0 Å². The Kier molecular flexibility index (Phi) is 4.87. The van der Waals surface area contributed by atoms with Gasteiger partial charge < -0.3 is 9.67 Å². The molecule has 1 unspecified atom stereocenters. The number of nitrogens with zero attached hydrogens (tertiary/aromatic N) is 2. The van der Waals surface area contributed by atoms with E-state index in [0.29, 0.717) is 18.7 Å². The van der Waals surface area contributed by atoms with E-state index in [0.717, 1.165) is 5.56 Å². The van der Waals surface area contributed by atoms with E-state index in [-0.39, 0.29) is 18.1 Å². The summed E-state index contributed by atoms with van der Waals surface area (Å²) in [5, 5.41) is 9.08. The minimum Gasteiger partial charge on any atom is -0.481 e. The number of carbonyl (C=O) groups is 2. The third-order valence-electron chi connectivity index (χ3n) is 3.36. The summed E-state index contributed by atoms with van der Waals surface area (Å²) in [7, 11) is 0. The largest absolute Gasteiger partial charge is 0.481 e. The van der Waals surface area contributed by atoms with Gasteiger partial charge in [-0.25, -0.2) is 4.98 Å². The van der Waals surface area contributed by atoms with Crippen molar-refractivity contribution in [3.8, 4) is 0 Å². The average molecular weight is 286 g/mol. The first-order valence-corrected chi connectivity index (χ1v) is 6.92. The smallest absolute Gasteiger partial charge is 0.304 e. The molecule has 0 bridgehead atoms. The van der Waals surface area contributed by atoms with Crippen LogP contribution < -0.4 is 0 Å². The molecular formula is C16H18N2O3. The van der Waals surface area contributed by atoms with Crippen LogP contribution in [0.1, 0.15) is 41.7 Å². The summed E-state index contributed by atoms with van der Waals surface area (Å²) in [4.78, 5) is 26.7. The SMILES string of the molecule is CCC(=O)c1cn(CC(CC(=O)O)c2ccccc2)cn1. The van der Waals surface area contributed by atoms with E-state index < -0.39 is 5.97 Å². The van der Waals surface area contributed by atoms with Crippen LogP contribution in [-0.4, -0.2) is 26.4 Å². The van der Waals surface area contributed by atoms with Gasteiger partial charge in [0.05, 0.1) is 12.7 Å². The second kappa shape index (κ2) is 6.83. The summed E-state index contributed by atoms with van der Waals surface area (Å²) in [5.74, 6) is -1.00. The zero-order valence-electron chi connectivity index (χ0n) is 11.9. The van der Waals surface area contributed by atoms with Gasteiger partial charge in [-0.05, 0) is 5.56 Å². The van der Waals surface area contributed by atoms with Crippen LogP contribution in [0.2, 0.25) is 0 Å². The molecule has 21 heavy (non-hydrogen) atoms. The Balaban J connectivity index is 2.17. The molecule has 1 atom stereocenters. The molecule has 1 aromatic carbocycles. The lowest BCUT2D eigenvalue weighted by atomic mass is 9.95. The van der Waals surface area contributed by atoms with Crippen LogP contribution in [0.25, 0.3) is 0 Å². The van der Waals surface area contributed by atoms with Gasteiger partial charge in [-0.15, -0.1) is 0 Å². The number of aliphatic carboxylic acids is 1. The highest BCUT2D eigenvalue weighted by Gasteiger charge is 2.17. The van der Waals surface area contributed by atoms with Crippen molar-refractivity contribution in [1.29, 1.82) is 0 Å². The highest BCUT2D eigenvalue weighted by atomic mass is 16.4. The van der Waals surface area contributed by atoms with Gasteiger partial charge in [-0.1, -0.05) is 37.3 Å². The molecule has 0 saturated carbocycles. The molecule has 1 aromatic heterocycles. The lowest BCUT2D eigenvalue weighted by Gasteiger charge is -2.15. The number of Topliss-reactive ketones (excluding diaryl/α,β-unsaturated/α-hetero) is 1. The Morgan fingerprint density at radius 1 is 1.29 bits per heavy atom. The maximum absolute atomic E-state index is 11.6. The molecule has 2 aromatic rings. The molecule has 0 amide bonds. The molecule has 0 radical (unpaired) electrons. The van der Waals surface area contributed by atoms with E-state index in [1.807, 2.05) is 30.3 Å². The summed E-state index contributed by atoms with van der Waals surface area (Å²) in [6.07, 6.45) is 3.72. The van der Waals surface area contributed by atoms with Crippen LogP contribution in [-0.2, 0) is 11.3 Å². The van der Waals surface area contributed by atoms with Crippen molar-refractivity contribution in [1.82, 2.24) is 9.55 Å². The standard InChI is InChI=1S/C16H18N2O3/c1-2-15(19)14-10-18(11-17-14)9-13(8-16(20)21)12-6-4-3-5-7-12/h3-7,10-11,13H,2,8-9H2,1H3,(H,20,21). The van der Waals surface area contributed by atoms with E-state index in [1.165, 1.54) is 0 Å². The zero-order valence-corrected chi connectivity index (χ0v) is 11.9. The van der Waals surface area contributed by atoms with Crippen molar-refractivity contribution >= 4 is 11.8 Å². The number of hydrogen-bond donors (Lipinski definition) is 1. The molecule has 0 spiro atoms. The molecular weight excluding hydrogens is 268 g/mol. The van der Waals surface area contributed by atoms with Crippen LogP contribution >= 0.6 is 0 Å². The van der Waals surface area contributed by atoms with Crippen LogP contribution in [0.4, 0.5) is 0 Å². The third-order valence-corrected chi connectivity index (χ3v) is 3.36. The number of aromatic nitrogens is 2. The van der Waals surface area contributed by atoms with E-state index in [2.05, 4.69) is 4.98 Å². The van der Waals surface area contributed by atoms with Gasteiger partial charge in [-0.3, -0.25) is 9.59 Å². The van der Waals surface area contributed by atoms with Crippen molar-refractivity contribution in [2.75, 3.05) is 0 Å². The van der Waals surface area contributed by atoms with E-state index in [1.54, 1.807) is 24.0 Å². The summed E-state index contributed by atoms with van der Waals surface area (Å²) in [5.41, 5.74) is 1.40. The number of benzene rings is 1. The fourth-order valence-corrected chi connectivity index (χ4v) is 2.26. The topological polar surface area (TPSA) is 72.2 Å². The predicted octanol–water partition coefficient (Wildman–Crippen LogP) is 2.73. The lowest BCUT2D eigenvalue weighted by Crippen LogP contribution is -2.12. The average Bonchev–Trinajstić information content (AvgIpc) is 2.95. The number of carboxylic acid groups (broad SMARTS) is 1. The fourth-order valence-electron chi connectivity index (χ4n) is 2.26. The van der Waals surface area contributed by atoms with Crippen LogP contribution in [0, 0.1) is 0 Å². The first-order chi connectivity index (χ1) is 10.1. The van der Waals surface area contributed by atoms with Crippen molar-refractivity contribution < 1.29 is 14.7 Å². The van der Waals surface area contributed by atoms with Gasteiger partial charge in [0.2, 0.25) is 0 Å².